The molecule has 1 rings (SSSR count). The standard InChI is InChI=1S/C11H16N2O4/c1-3-4-12-9(14)5-13-7-11(2,8-13)17-6-10(15)16/h1H,4-8H2,2H3,(H,12,14)(H,15,16). The second-order valence-corrected chi connectivity index (χ2v) is 4.26. The average molecular weight is 240 g/mol. The summed E-state index contributed by atoms with van der Waals surface area (Å²) in [5.41, 5.74) is -0.467. The normalized spacial score (nSPS) is 17.9. The summed E-state index contributed by atoms with van der Waals surface area (Å²) in [5.74, 6) is 1.19. The van der Waals surface area contributed by atoms with Gasteiger partial charge >= 0.3 is 5.97 Å². The molecule has 1 amide bonds. The van der Waals surface area contributed by atoms with Crippen molar-refractivity contribution < 1.29 is 19.4 Å². The Kier molecular flexibility index (Phi) is 4.49. The lowest BCUT2D eigenvalue weighted by molar-refractivity contribution is -0.166. The molecule has 0 bridgehead atoms. The maximum absolute atomic E-state index is 11.3. The summed E-state index contributed by atoms with van der Waals surface area (Å²) in [4.78, 5) is 23.5. The second-order valence-electron chi connectivity index (χ2n) is 4.26. The Bertz CT molecular complexity index is 342. The number of likely N-dealkylation sites (tertiary alicyclic amines) is 1. The molecule has 1 aliphatic rings. The van der Waals surface area contributed by atoms with E-state index in [9.17, 15) is 9.59 Å². The number of ether oxygens (including phenoxy) is 1. The van der Waals surface area contributed by atoms with Gasteiger partial charge in [-0.2, -0.15) is 0 Å². The van der Waals surface area contributed by atoms with Gasteiger partial charge in [-0.05, 0) is 6.92 Å². The minimum absolute atomic E-state index is 0.136. The third-order valence-corrected chi connectivity index (χ3v) is 2.42. The SMILES string of the molecule is C#CCNC(=O)CN1CC(C)(OCC(=O)O)C1. The minimum Gasteiger partial charge on any atom is -0.480 e. The van der Waals surface area contributed by atoms with E-state index in [1.165, 1.54) is 0 Å². The quantitative estimate of drug-likeness (QED) is 0.577. The van der Waals surface area contributed by atoms with Crippen LogP contribution < -0.4 is 5.32 Å². The fourth-order valence-electron chi connectivity index (χ4n) is 1.75. The van der Waals surface area contributed by atoms with Gasteiger partial charge in [0.1, 0.15) is 6.61 Å². The number of carboxylic acid groups (broad SMARTS) is 1. The van der Waals surface area contributed by atoms with Crippen LogP contribution in [-0.4, -0.2) is 60.3 Å². The molecule has 0 unspecified atom stereocenters. The minimum atomic E-state index is -0.989. The van der Waals surface area contributed by atoms with Gasteiger partial charge in [0.15, 0.2) is 0 Å². The molecular weight excluding hydrogens is 224 g/mol. The molecule has 17 heavy (non-hydrogen) atoms. The fraction of sp³-hybridized carbons (Fsp3) is 0.636. The molecule has 0 radical (unpaired) electrons. The first-order valence-corrected chi connectivity index (χ1v) is 5.23. The number of nitrogens with zero attached hydrogens (tertiary/aromatic N) is 1. The lowest BCUT2D eigenvalue weighted by atomic mass is 9.96. The van der Waals surface area contributed by atoms with Crippen LogP contribution in [0.5, 0.6) is 0 Å². The molecule has 2 N–H and O–H groups in total. The van der Waals surface area contributed by atoms with Crippen LogP contribution in [-0.2, 0) is 14.3 Å². The summed E-state index contributed by atoms with van der Waals surface area (Å²) < 4.78 is 5.21. The largest absolute Gasteiger partial charge is 0.480 e. The molecule has 1 aliphatic heterocycles. The molecule has 0 aliphatic carbocycles. The van der Waals surface area contributed by atoms with Crippen LogP contribution in [0.2, 0.25) is 0 Å². The highest BCUT2D eigenvalue weighted by Crippen LogP contribution is 2.23. The zero-order valence-corrected chi connectivity index (χ0v) is 9.73. The summed E-state index contributed by atoms with van der Waals surface area (Å²) in [7, 11) is 0. The highest BCUT2D eigenvalue weighted by atomic mass is 16.5. The Morgan fingerprint density at radius 1 is 1.59 bits per heavy atom. The molecule has 94 valence electrons. The Hall–Kier alpha value is -1.58. The molecule has 0 aromatic carbocycles. The summed E-state index contributed by atoms with van der Waals surface area (Å²) in [6, 6.07) is 0. The summed E-state index contributed by atoms with van der Waals surface area (Å²) in [6.45, 7) is 3.08. The fourth-order valence-corrected chi connectivity index (χ4v) is 1.75. The van der Waals surface area contributed by atoms with E-state index in [0.29, 0.717) is 13.1 Å². The smallest absolute Gasteiger partial charge is 0.329 e. The monoisotopic (exact) mass is 240 g/mol. The van der Waals surface area contributed by atoms with Crippen molar-refractivity contribution in [3.8, 4) is 12.3 Å². The highest BCUT2D eigenvalue weighted by Gasteiger charge is 2.40. The average Bonchev–Trinajstić information content (AvgIpc) is 2.21. The van der Waals surface area contributed by atoms with E-state index in [1.807, 2.05) is 11.8 Å². The van der Waals surface area contributed by atoms with E-state index < -0.39 is 11.6 Å². The van der Waals surface area contributed by atoms with E-state index in [-0.39, 0.29) is 25.6 Å². The van der Waals surface area contributed by atoms with Gasteiger partial charge in [-0.1, -0.05) is 5.92 Å². The number of hydrogen-bond donors (Lipinski definition) is 2. The van der Waals surface area contributed by atoms with Crippen LogP contribution >= 0.6 is 0 Å². The number of carboxylic acids is 1. The zero-order valence-electron chi connectivity index (χ0n) is 9.73. The van der Waals surface area contributed by atoms with Crippen LogP contribution in [0.25, 0.3) is 0 Å². The van der Waals surface area contributed by atoms with E-state index in [4.69, 9.17) is 16.3 Å². The number of terminal acetylenes is 1. The van der Waals surface area contributed by atoms with Gasteiger partial charge in [0.05, 0.1) is 18.7 Å². The van der Waals surface area contributed by atoms with Gasteiger partial charge in [0.2, 0.25) is 5.91 Å². The van der Waals surface area contributed by atoms with Crippen molar-refractivity contribution in [1.82, 2.24) is 10.2 Å². The van der Waals surface area contributed by atoms with Gasteiger partial charge in [-0.15, -0.1) is 6.42 Å². The van der Waals surface area contributed by atoms with Crippen LogP contribution in [0.3, 0.4) is 0 Å². The van der Waals surface area contributed by atoms with Gasteiger partial charge in [0.25, 0.3) is 0 Å². The zero-order chi connectivity index (χ0) is 12.9. The molecule has 6 nitrogen and oxygen atoms in total. The lowest BCUT2D eigenvalue weighted by Gasteiger charge is -2.46. The first-order valence-electron chi connectivity index (χ1n) is 5.23. The van der Waals surface area contributed by atoms with Gasteiger partial charge < -0.3 is 15.2 Å². The number of carbonyl (C=O) groups is 2. The molecule has 0 atom stereocenters. The Morgan fingerprint density at radius 2 is 2.24 bits per heavy atom. The predicted octanol–water partition coefficient (Wildman–Crippen LogP) is -1.09. The van der Waals surface area contributed by atoms with Crippen LogP contribution in [0.4, 0.5) is 0 Å². The van der Waals surface area contributed by atoms with E-state index in [2.05, 4.69) is 11.2 Å². The summed E-state index contributed by atoms with van der Waals surface area (Å²) in [5, 5.41) is 11.0. The van der Waals surface area contributed by atoms with Crippen LogP contribution in [0, 0.1) is 12.3 Å². The predicted molar refractivity (Wildman–Crippen MR) is 60.3 cm³/mol. The molecule has 1 fully saturated rings. The Labute approximate surface area is 99.9 Å². The summed E-state index contributed by atoms with van der Waals surface area (Å²) >= 11 is 0. The van der Waals surface area contributed by atoms with Crippen LogP contribution in [0.15, 0.2) is 0 Å². The van der Waals surface area contributed by atoms with Gasteiger partial charge in [-0.25, -0.2) is 4.79 Å². The van der Waals surface area contributed by atoms with Crippen molar-refractivity contribution in [3.63, 3.8) is 0 Å². The van der Waals surface area contributed by atoms with Crippen molar-refractivity contribution in [1.29, 1.82) is 0 Å². The van der Waals surface area contributed by atoms with Crippen molar-refractivity contribution in [2.45, 2.75) is 12.5 Å². The number of aliphatic carboxylic acids is 1. The second kappa shape index (κ2) is 5.66. The topological polar surface area (TPSA) is 78.9 Å². The first kappa shape index (κ1) is 13.5. The van der Waals surface area contributed by atoms with Crippen molar-refractivity contribution in [2.75, 3.05) is 32.8 Å². The lowest BCUT2D eigenvalue weighted by Crippen LogP contribution is -2.63. The van der Waals surface area contributed by atoms with Crippen molar-refractivity contribution in [2.24, 2.45) is 0 Å². The van der Waals surface area contributed by atoms with Crippen molar-refractivity contribution in [3.05, 3.63) is 0 Å². The molecule has 6 heteroatoms. The number of carbonyl (C=O) groups excluding carboxylic acids is 1. The number of hydrogen-bond acceptors (Lipinski definition) is 4. The Balaban J connectivity index is 2.20. The maximum Gasteiger partial charge on any atom is 0.329 e. The van der Waals surface area contributed by atoms with Crippen molar-refractivity contribution >= 4 is 11.9 Å². The number of rotatable bonds is 6. The molecule has 0 spiro atoms. The molecule has 0 saturated carbocycles. The Morgan fingerprint density at radius 3 is 2.76 bits per heavy atom. The molecule has 0 aromatic rings. The molecular formula is C11H16N2O4. The third-order valence-electron chi connectivity index (χ3n) is 2.42. The first-order chi connectivity index (χ1) is 7.95. The van der Waals surface area contributed by atoms with E-state index in [0.717, 1.165) is 0 Å². The molecule has 0 aromatic heterocycles. The maximum atomic E-state index is 11.3. The molecule has 1 heterocycles. The summed E-state index contributed by atoms with van der Waals surface area (Å²) in [6.07, 6.45) is 5.01. The van der Waals surface area contributed by atoms with Gasteiger partial charge in [-0.3, -0.25) is 9.69 Å². The van der Waals surface area contributed by atoms with Gasteiger partial charge in [0, 0.05) is 13.1 Å². The van der Waals surface area contributed by atoms with Crippen LogP contribution in [0.1, 0.15) is 6.92 Å². The van der Waals surface area contributed by atoms with E-state index in [1.54, 1.807) is 0 Å². The number of amides is 1. The number of nitrogens with one attached hydrogen (secondary N) is 1. The highest BCUT2D eigenvalue weighted by molar-refractivity contribution is 5.78. The third kappa shape index (κ3) is 4.43. The molecule has 1 saturated heterocycles. The van der Waals surface area contributed by atoms with E-state index >= 15 is 0 Å².